The highest BCUT2D eigenvalue weighted by molar-refractivity contribution is 5.92. The summed E-state index contributed by atoms with van der Waals surface area (Å²) in [5, 5.41) is 2.98. The lowest BCUT2D eigenvalue weighted by atomic mass is 9.98. The summed E-state index contributed by atoms with van der Waals surface area (Å²) in [6.07, 6.45) is 3.31. The Hall–Kier alpha value is -1.10. The fourth-order valence-corrected chi connectivity index (χ4v) is 2.76. The van der Waals surface area contributed by atoms with Crippen molar-refractivity contribution < 1.29 is 4.79 Å². The van der Waals surface area contributed by atoms with Crippen LogP contribution in [-0.4, -0.2) is 37.0 Å². The van der Waals surface area contributed by atoms with E-state index in [0.29, 0.717) is 12.5 Å². The van der Waals surface area contributed by atoms with Gasteiger partial charge in [0, 0.05) is 12.2 Å². The summed E-state index contributed by atoms with van der Waals surface area (Å²) in [6, 6.07) is 8.04. The molecular formula is C16H26ClN3O. The zero-order chi connectivity index (χ0) is 14.4. The van der Waals surface area contributed by atoms with Gasteiger partial charge in [-0.1, -0.05) is 19.1 Å². The van der Waals surface area contributed by atoms with Crippen LogP contribution in [0.3, 0.4) is 0 Å². The maximum Gasteiger partial charge on any atom is 0.238 e. The number of nitrogens with zero attached hydrogens (tertiary/aromatic N) is 1. The number of nitrogens with one attached hydrogen (secondary N) is 1. The van der Waals surface area contributed by atoms with E-state index in [4.69, 9.17) is 5.73 Å². The summed E-state index contributed by atoms with van der Waals surface area (Å²) in [5.41, 5.74) is 7.85. The van der Waals surface area contributed by atoms with Gasteiger partial charge in [0.05, 0.1) is 6.54 Å². The second-order valence-corrected chi connectivity index (χ2v) is 5.58. The highest BCUT2D eigenvalue weighted by atomic mass is 35.5. The van der Waals surface area contributed by atoms with Crippen molar-refractivity contribution in [3.8, 4) is 0 Å². The number of likely N-dealkylation sites (tertiary alicyclic amines) is 1. The van der Waals surface area contributed by atoms with Gasteiger partial charge in [-0.25, -0.2) is 0 Å². The van der Waals surface area contributed by atoms with E-state index in [1.165, 1.54) is 12.0 Å². The molecule has 1 atom stereocenters. The van der Waals surface area contributed by atoms with Crippen molar-refractivity contribution in [2.75, 3.05) is 31.5 Å². The lowest BCUT2D eigenvalue weighted by Gasteiger charge is -2.31. The Kier molecular flexibility index (Phi) is 7.72. The molecular weight excluding hydrogens is 286 g/mol. The lowest BCUT2D eigenvalue weighted by molar-refractivity contribution is -0.117. The smallest absolute Gasteiger partial charge is 0.238 e. The molecule has 0 radical (unpaired) electrons. The largest absolute Gasteiger partial charge is 0.330 e. The number of hydrogen-bond acceptors (Lipinski definition) is 3. The normalized spacial score (nSPS) is 18.9. The van der Waals surface area contributed by atoms with E-state index in [2.05, 4.69) is 23.2 Å². The van der Waals surface area contributed by atoms with E-state index >= 15 is 0 Å². The number of benzene rings is 1. The van der Waals surface area contributed by atoms with Crippen molar-refractivity contribution >= 4 is 24.0 Å². The van der Waals surface area contributed by atoms with Gasteiger partial charge in [0.2, 0.25) is 5.91 Å². The first-order chi connectivity index (χ1) is 9.71. The van der Waals surface area contributed by atoms with Crippen LogP contribution < -0.4 is 11.1 Å². The summed E-state index contributed by atoms with van der Waals surface area (Å²) in [4.78, 5) is 14.3. The number of aryl methyl sites for hydroxylation is 1. The molecule has 4 nitrogen and oxygen atoms in total. The summed E-state index contributed by atoms with van der Waals surface area (Å²) in [6.45, 7) is 5.24. The molecule has 0 bridgehead atoms. The number of carbonyl (C=O) groups excluding carboxylic acids is 1. The molecule has 1 aromatic carbocycles. The molecule has 1 saturated heterocycles. The SMILES string of the molecule is CCc1cccc(NC(=O)CN2CCCC(CN)C2)c1.Cl. The molecule has 1 aliphatic heterocycles. The summed E-state index contributed by atoms with van der Waals surface area (Å²) in [5.74, 6) is 0.607. The number of anilines is 1. The number of halogens is 1. The average molecular weight is 312 g/mol. The van der Waals surface area contributed by atoms with E-state index in [-0.39, 0.29) is 18.3 Å². The Morgan fingerprint density at radius 2 is 2.29 bits per heavy atom. The Bertz CT molecular complexity index is 453. The van der Waals surface area contributed by atoms with Crippen LogP contribution in [0.5, 0.6) is 0 Å². The van der Waals surface area contributed by atoms with Gasteiger partial charge in [-0.05, 0) is 56.0 Å². The van der Waals surface area contributed by atoms with Gasteiger partial charge in [0.15, 0.2) is 0 Å². The Balaban J connectivity index is 0.00000220. The molecule has 1 heterocycles. The second kappa shape index (κ2) is 9.03. The van der Waals surface area contributed by atoms with Gasteiger partial charge < -0.3 is 11.1 Å². The van der Waals surface area contributed by atoms with Crippen molar-refractivity contribution in [1.29, 1.82) is 0 Å². The first-order valence-corrected chi connectivity index (χ1v) is 7.52. The molecule has 0 spiro atoms. The summed E-state index contributed by atoms with van der Waals surface area (Å²) in [7, 11) is 0. The van der Waals surface area contributed by atoms with Crippen molar-refractivity contribution in [3.63, 3.8) is 0 Å². The van der Waals surface area contributed by atoms with Gasteiger partial charge in [-0.15, -0.1) is 12.4 Å². The van der Waals surface area contributed by atoms with Crippen LogP contribution >= 0.6 is 12.4 Å². The predicted molar refractivity (Wildman–Crippen MR) is 89.9 cm³/mol. The third kappa shape index (κ3) is 5.65. The van der Waals surface area contributed by atoms with Crippen LogP contribution in [0, 0.1) is 5.92 Å². The zero-order valence-electron chi connectivity index (χ0n) is 12.7. The van der Waals surface area contributed by atoms with Crippen molar-refractivity contribution in [2.24, 2.45) is 11.7 Å². The van der Waals surface area contributed by atoms with Gasteiger partial charge in [-0.2, -0.15) is 0 Å². The third-order valence-corrected chi connectivity index (χ3v) is 3.92. The van der Waals surface area contributed by atoms with Crippen LogP contribution in [0.4, 0.5) is 5.69 Å². The number of piperidine rings is 1. The Labute approximate surface area is 133 Å². The van der Waals surface area contributed by atoms with Gasteiger partial charge in [0.1, 0.15) is 0 Å². The van der Waals surface area contributed by atoms with Crippen LogP contribution in [0.2, 0.25) is 0 Å². The monoisotopic (exact) mass is 311 g/mol. The van der Waals surface area contributed by atoms with Crippen LogP contribution in [-0.2, 0) is 11.2 Å². The van der Waals surface area contributed by atoms with Gasteiger partial charge >= 0.3 is 0 Å². The quantitative estimate of drug-likeness (QED) is 0.877. The molecule has 21 heavy (non-hydrogen) atoms. The summed E-state index contributed by atoms with van der Waals surface area (Å²) >= 11 is 0. The zero-order valence-corrected chi connectivity index (χ0v) is 13.5. The summed E-state index contributed by atoms with van der Waals surface area (Å²) < 4.78 is 0. The molecule has 1 fully saturated rings. The molecule has 0 aromatic heterocycles. The highest BCUT2D eigenvalue weighted by Gasteiger charge is 2.20. The van der Waals surface area contributed by atoms with E-state index in [0.717, 1.165) is 38.2 Å². The lowest BCUT2D eigenvalue weighted by Crippen LogP contribution is -2.42. The Morgan fingerprint density at radius 1 is 1.48 bits per heavy atom. The van der Waals surface area contributed by atoms with Crippen LogP contribution in [0.25, 0.3) is 0 Å². The minimum absolute atomic E-state index is 0. The number of amides is 1. The first-order valence-electron chi connectivity index (χ1n) is 7.52. The standard InChI is InChI=1S/C16H25N3O.ClH/c1-2-13-5-3-7-15(9-13)18-16(20)12-19-8-4-6-14(10-17)11-19;/h3,5,7,9,14H,2,4,6,8,10-12,17H2,1H3,(H,18,20);1H. The molecule has 1 amide bonds. The molecule has 3 N–H and O–H groups in total. The first kappa shape index (κ1) is 18.0. The molecule has 0 saturated carbocycles. The number of rotatable bonds is 5. The molecule has 1 aromatic rings. The number of carbonyl (C=O) groups is 1. The van der Waals surface area contributed by atoms with Crippen LogP contribution in [0.15, 0.2) is 24.3 Å². The fraction of sp³-hybridized carbons (Fsp3) is 0.562. The minimum Gasteiger partial charge on any atom is -0.330 e. The molecule has 1 unspecified atom stereocenters. The van der Waals surface area contributed by atoms with E-state index in [9.17, 15) is 4.79 Å². The fourth-order valence-electron chi connectivity index (χ4n) is 2.76. The number of nitrogens with two attached hydrogens (primary N) is 1. The maximum absolute atomic E-state index is 12.1. The molecule has 2 rings (SSSR count). The second-order valence-electron chi connectivity index (χ2n) is 5.58. The predicted octanol–water partition coefficient (Wildman–Crippen LogP) is 2.28. The van der Waals surface area contributed by atoms with E-state index in [1.807, 2.05) is 18.2 Å². The van der Waals surface area contributed by atoms with E-state index in [1.54, 1.807) is 0 Å². The topological polar surface area (TPSA) is 58.4 Å². The minimum atomic E-state index is 0. The average Bonchev–Trinajstić information content (AvgIpc) is 2.47. The molecule has 118 valence electrons. The highest BCUT2D eigenvalue weighted by Crippen LogP contribution is 2.15. The van der Waals surface area contributed by atoms with Crippen molar-refractivity contribution in [3.05, 3.63) is 29.8 Å². The number of hydrogen-bond donors (Lipinski definition) is 2. The molecule has 1 aliphatic rings. The van der Waals surface area contributed by atoms with Crippen molar-refractivity contribution in [2.45, 2.75) is 26.2 Å². The third-order valence-electron chi connectivity index (χ3n) is 3.92. The maximum atomic E-state index is 12.1. The van der Waals surface area contributed by atoms with Gasteiger partial charge in [-0.3, -0.25) is 9.69 Å². The molecule has 0 aliphatic carbocycles. The van der Waals surface area contributed by atoms with Gasteiger partial charge in [0.25, 0.3) is 0 Å². The van der Waals surface area contributed by atoms with Crippen LogP contribution in [0.1, 0.15) is 25.3 Å². The van der Waals surface area contributed by atoms with E-state index < -0.39 is 0 Å². The van der Waals surface area contributed by atoms with Crippen molar-refractivity contribution in [1.82, 2.24) is 4.90 Å². The molecule has 5 heteroatoms. The Morgan fingerprint density at radius 3 is 3.00 bits per heavy atom.